The van der Waals surface area contributed by atoms with Gasteiger partial charge in [-0.15, -0.1) is 23.2 Å². The van der Waals surface area contributed by atoms with E-state index in [1.165, 1.54) is 11.0 Å². The number of benzene rings is 2. The number of alkyl halides is 3. The maximum absolute atomic E-state index is 14.0. The Morgan fingerprint density at radius 3 is 2.26 bits per heavy atom. The van der Waals surface area contributed by atoms with Crippen LogP contribution in [0.1, 0.15) is 24.3 Å². The first-order valence-corrected chi connectivity index (χ1v) is 15.5. The number of fused-ring (bicyclic) bond motifs is 4. The van der Waals surface area contributed by atoms with E-state index in [4.69, 9.17) is 23.2 Å². The highest BCUT2D eigenvalue weighted by Crippen LogP contribution is 2.66. The number of phenolic OH excluding ortho intramolecular Hbond substituents is 1. The van der Waals surface area contributed by atoms with Crippen LogP contribution in [0.4, 0.5) is 5.69 Å². The maximum atomic E-state index is 14.0. The Bertz CT molecular complexity index is 1500. The summed E-state index contributed by atoms with van der Waals surface area (Å²) >= 11 is 24.4. The van der Waals surface area contributed by atoms with Gasteiger partial charge in [-0.3, -0.25) is 29.0 Å². The molecule has 0 bridgehead atoms. The standard InChI is InChI=1S/C27H19Br3Cl2N2O5/c28-11-33-24(38)26(31)10-18-15(21(27(26,32)25(33)39)17-9-13(30)3-8-19(17)35)6-7-16-20(18)23(37)34(22(16)36)14-4-1-12(29)2-5-14/h1-6,8-9,16,18,20-21,35H,7,10-11H2. The smallest absolute Gasteiger partial charge is 0.254 e. The first-order valence-electron chi connectivity index (χ1n) is 12.1. The van der Waals surface area contributed by atoms with Crippen molar-refractivity contribution in [2.24, 2.45) is 17.8 Å². The Balaban J connectivity index is 1.53. The van der Waals surface area contributed by atoms with Crippen LogP contribution in [-0.4, -0.2) is 48.8 Å². The van der Waals surface area contributed by atoms with E-state index in [1.54, 1.807) is 36.4 Å². The lowest BCUT2D eigenvalue weighted by Gasteiger charge is -2.50. The van der Waals surface area contributed by atoms with Gasteiger partial charge in [-0.25, -0.2) is 0 Å². The van der Waals surface area contributed by atoms with Crippen LogP contribution in [0.25, 0.3) is 0 Å². The topological polar surface area (TPSA) is 95.0 Å². The van der Waals surface area contributed by atoms with Crippen LogP contribution in [0.5, 0.6) is 5.75 Å². The Kier molecular flexibility index (Phi) is 6.62. The normalized spacial score (nSPS) is 33.7. The second-order valence-corrected chi connectivity index (χ2v) is 13.8. The molecule has 0 spiro atoms. The van der Waals surface area contributed by atoms with Crippen LogP contribution in [0.15, 0.2) is 63.1 Å². The molecule has 2 aromatic rings. The first-order chi connectivity index (χ1) is 18.5. The number of likely N-dealkylation sites (tertiary alicyclic amines) is 1. The molecule has 2 aliphatic heterocycles. The van der Waals surface area contributed by atoms with E-state index in [-0.39, 0.29) is 30.0 Å². The molecule has 0 aromatic heterocycles. The molecule has 2 aliphatic carbocycles. The number of rotatable bonds is 3. The second kappa shape index (κ2) is 9.41. The molecule has 4 aliphatic rings. The number of amides is 4. The Morgan fingerprint density at radius 2 is 1.59 bits per heavy atom. The number of carbonyl (C=O) groups is 4. The van der Waals surface area contributed by atoms with Crippen molar-refractivity contribution in [3.05, 3.63) is 68.6 Å². The second-order valence-electron chi connectivity index (χ2n) is 10.2. The van der Waals surface area contributed by atoms with Crippen molar-refractivity contribution in [1.29, 1.82) is 0 Å². The van der Waals surface area contributed by atoms with Crippen molar-refractivity contribution in [3.63, 3.8) is 0 Å². The Hall–Kier alpha value is -1.72. The molecule has 3 fully saturated rings. The lowest BCUT2D eigenvalue weighted by molar-refractivity contribution is -0.138. The summed E-state index contributed by atoms with van der Waals surface area (Å²) in [6.07, 6.45) is 1.96. The van der Waals surface area contributed by atoms with Gasteiger partial charge in [-0.2, -0.15) is 0 Å². The van der Waals surface area contributed by atoms with Crippen molar-refractivity contribution in [1.82, 2.24) is 4.90 Å². The highest BCUT2D eigenvalue weighted by atomic mass is 79.9. The molecular weight excluding hydrogens is 743 g/mol. The van der Waals surface area contributed by atoms with Gasteiger partial charge in [-0.05, 0) is 61.2 Å². The molecule has 6 atom stereocenters. The predicted molar refractivity (Wildman–Crippen MR) is 156 cm³/mol. The molecule has 202 valence electrons. The van der Waals surface area contributed by atoms with E-state index < -0.39 is 51.1 Å². The minimum atomic E-state index is -1.97. The summed E-state index contributed by atoms with van der Waals surface area (Å²) in [5, 5.41) is 11.0. The largest absolute Gasteiger partial charge is 0.508 e. The summed E-state index contributed by atoms with van der Waals surface area (Å²) in [5.41, 5.74) is 1.26. The van der Waals surface area contributed by atoms with Gasteiger partial charge in [0.25, 0.3) is 11.8 Å². The minimum absolute atomic E-state index is 0.114. The average Bonchev–Trinajstić information content (AvgIpc) is 3.24. The minimum Gasteiger partial charge on any atom is -0.508 e. The van der Waals surface area contributed by atoms with E-state index >= 15 is 0 Å². The molecule has 7 nitrogen and oxygen atoms in total. The van der Waals surface area contributed by atoms with E-state index in [2.05, 4.69) is 47.8 Å². The summed E-state index contributed by atoms with van der Waals surface area (Å²) in [7, 11) is 0. The van der Waals surface area contributed by atoms with Crippen LogP contribution in [0.3, 0.4) is 0 Å². The molecule has 2 heterocycles. The maximum Gasteiger partial charge on any atom is 0.254 e. The van der Waals surface area contributed by atoms with Crippen molar-refractivity contribution in [3.8, 4) is 5.75 Å². The molecule has 2 saturated heterocycles. The summed E-state index contributed by atoms with van der Waals surface area (Å²) in [6.45, 7) is 0. The van der Waals surface area contributed by atoms with Gasteiger partial charge in [0, 0.05) is 20.4 Å². The summed E-state index contributed by atoms with van der Waals surface area (Å²) in [6, 6.07) is 11.6. The summed E-state index contributed by atoms with van der Waals surface area (Å²) in [5.74, 6) is -5.37. The highest BCUT2D eigenvalue weighted by Gasteiger charge is 2.76. The molecule has 1 N–H and O–H groups in total. The molecule has 12 heteroatoms. The Labute approximate surface area is 258 Å². The van der Waals surface area contributed by atoms with Gasteiger partial charge in [0.2, 0.25) is 11.8 Å². The molecule has 4 amide bonds. The first kappa shape index (κ1) is 27.4. The third-order valence-electron chi connectivity index (χ3n) is 8.40. The van der Waals surface area contributed by atoms with Crippen LogP contribution in [0.2, 0.25) is 0 Å². The zero-order valence-corrected chi connectivity index (χ0v) is 26.2. The molecule has 2 aromatic carbocycles. The van der Waals surface area contributed by atoms with E-state index in [1.807, 2.05) is 6.08 Å². The summed E-state index contributed by atoms with van der Waals surface area (Å²) < 4.78 is 1.42. The van der Waals surface area contributed by atoms with Gasteiger partial charge < -0.3 is 5.11 Å². The molecule has 1 saturated carbocycles. The van der Waals surface area contributed by atoms with Crippen LogP contribution >= 0.6 is 71.0 Å². The van der Waals surface area contributed by atoms with Crippen molar-refractivity contribution < 1.29 is 24.3 Å². The number of phenols is 1. The SMILES string of the molecule is O=C1C2CC=C3C(CC4(Cl)C(=O)N(CBr)C(=O)C4(Cl)C3c3cc(Br)ccc3O)C2C(=O)N1c1ccc(Br)cc1. The fourth-order valence-electron chi connectivity index (χ4n) is 6.70. The van der Waals surface area contributed by atoms with E-state index in [0.717, 1.165) is 9.37 Å². The van der Waals surface area contributed by atoms with Gasteiger partial charge in [-0.1, -0.05) is 59.4 Å². The number of hydrogen-bond donors (Lipinski definition) is 1. The number of hydrogen-bond acceptors (Lipinski definition) is 5. The molecule has 39 heavy (non-hydrogen) atoms. The number of imide groups is 2. The molecular formula is C27H19Br3Cl2N2O5. The van der Waals surface area contributed by atoms with Gasteiger partial charge in [0.05, 0.1) is 23.0 Å². The fraction of sp³-hybridized carbons (Fsp3) is 0.333. The van der Waals surface area contributed by atoms with E-state index in [9.17, 15) is 24.3 Å². The number of aromatic hydroxyl groups is 1. The lowest BCUT2D eigenvalue weighted by Crippen LogP contribution is -2.60. The van der Waals surface area contributed by atoms with Gasteiger partial charge >= 0.3 is 0 Å². The van der Waals surface area contributed by atoms with Crippen LogP contribution < -0.4 is 4.90 Å². The quantitative estimate of drug-likeness (QED) is 0.184. The summed E-state index contributed by atoms with van der Waals surface area (Å²) in [4.78, 5) is 53.2. The van der Waals surface area contributed by atoms with Gasteiger partial charge in [0.1, 0.15) is 5.75 Å². The lowest BCUT2D eigenvalue weighted by atomic mass is 9.56. The third kappa shape index (κ3) is 3.64. The number of halogens is 5. The monoisotopic (exact) mass is 758 g/mol. The third-order valence-corrected chi connectivity index (χ3v) is 11.3. The molecule has 6 rings (SSSR count). The number of nitrogens with zero attached hydrogens (tertiary/aromatic N) is 2. The van der Waals surface area contributed by atoms with Crippen molar-refractivity contribution in [2.45, 2.75) is 28.5 Å². The van der Waals surface area contributed by atoms with Crippen LogP contribution in [-0.2, 0) is 19.2 Å². The number of anilines is 1. The fourth-order valence-corrected chi connectivity index (χ4v) is 8.76. The number of allylic oxidation sites excluding steroid dienone is 2. The predicted octanol–water partition coefficient (Wildman–Crippen LogP) is 5.83. The van der Waals surface area contributed by atoms with Crippen LogP contribution in [0, 0.1) is 17.8 Å². The zero-order valence-electron chi connectivity index (χ0n) is 19.9. The van der Waals surface area contributed by atoms with Crippen molar-refractivity contribution >= 4 is 100 Å². The van der Waals surface area contributed by atoms with Gasteiger partial charge in [0.15, 0.2) is 9.75 Å². The average molecular weight is 762 g/mol. The Morgan fingerprint density at radius 1 is 0.923 bits per heavy atom. The van der Waals surface area contributed by atoms with Crippen molar-refractivity contribution in [2.75, 3.05) is 10.4 Å². The number of carbonyl (C=O) groups excluding carboxylic acids is 4. The van der Waals surface area contributed by atoms with E-state index in [0.29, 0.717) is 21.3 Å². The molecule has 6 unspecified atom stereocenters. The zero-order chi connectivity index (χ0) is 28.0. The molecule has 0 radical (unpaired) electrons. The highest BCUT2D eigenvalue weighted by molar-refractivity contribution is 9.10.